The molecular formula is C17H26BrNO2. The first-order valence-corrected chi connectivity index (χ1v) is 8.75. The molecule has 0 amide bonds. The average molecular weight is 356 g/mol. The molecule has 118 valence electrons. The van der Waals surface area contributed by atoms with Crippen molar-refractivity contribution in [3.63, 3.8) is 0 Å². The lowest BCUT2D eigenvalue weighted by molar-refractivity contribution is -0.152. The average Bonchev–Trinajstić information content (AvgIpc) is 2.46. The van der Waals surface area contributed by atoms with Crippen LogP contribution in [0.15, 0.2) is 28.7 Å². The number of ether oxygens (including phenoxy) is 2. The monoisotopic (exact) mass is 355 g/mol. The van der Waals surface area contributed by atoms with Crippen LogP contribution < -0.4 is 5.32 Å². The molecule has 1 aliphatic carbocycles. The van der Waals surface area contributed by atoms with Crippen LogP contribution in [0.5, 0.6) is 0 Å². The van der Waals surface area contributed by atoms with Crippen molar-refractivity contribution in [2.24, 2.45) is 0 Å². The van der Waals surface area contributed by atoms with Crippen LogP contribution in [0.3, 0.4) is 0 Å². The second-order valence-electron chi connectivity index (χ2n) is 5.61. The summed E-state index contributed by atoms with van der Waals surface area (Å²) in [4.78, 5) is 0. The molecule has 3 nitrogen and oxygen atoms in total. The number of hydrogen-bond donors (Lipinski definition) is 1. The molecule has 1 fully saturated rings. The zero-order chi connectivity index (χ0) is 15.1. The third-order valence-corrected chi connectivity index (χ3v) is 4.27. The van der Waals surface area contributed by atoms with E-state index in [4.69, 9.17) is 9.47 Å². The van der Waals surface area contributed by atoms with E-state index in [0.717, 1.165) is 36.9 Å². The van der Waals surface area contributed by atoms with Gasteiger partial charge in [-0.25, -0.2) is 0 Å². The summed E-state index contributed by atoms with van der Waals surface area (Å²) in [5.41, 5.74) is 1.20. The van der Waals surface area contributed by atoms with Gasteiger partial charge in [-0.3, -0.25) is 0 Å². The van der Waals surface area contributed by atoms with E-state index in [1.165, 1.54) is 5.56 Å². The predicted molar refractivity (Wildman–Crippen MR) is 89.4 cm³/mol. The number of hydrogen-bond acceptors (Lipinski definition) is 3. The van der Waals surface area contributed by atoms with Crippen LogP contribution in [-0.2, 0) is 16.1 Å². The molecule has 2 rings (SSSR count). The minimum Gasteiger partial charge on any atom is -0.374 e. The highest BCUT2D eigenvalue weighted by Crippen LogP contribution is 2.28. The molecule has 1 N–H and O–H groups in total. The highest BCUT2D eigenvalue weighted by atomic mass is 79.9. The van der Waals surface area contributed by atoms with Gasteiger partial charge in [0.25, 0.3) is 0 Å². The van der Waals surface area contributed by atoms with Crippen LogP contribution in [0.4, 0.5) is 0 Å². The molecule has 0 aliphatic heterocycles. The summed E-state index contributed by atoms with van der Waals surface area (Å²) in [5, 5.41) is 3.55. The van der Waals surface area contributed by atoms with Crippen molar-refractivity contribution in [2.75, 3.05) is 13.2 Å². The molecule has 21 heavy (non-hydrogen) atoms. The van der Waals surface area contributed by atoms with Crippen LogP contribution in [0, 0.1) is 0 Å². The zero-order valence-electron chi connectivity index (χ0n) is 13.0. The van der Waals surface area contributed by atoms with Gasteiger partial charge in [0, 0.05) is 17.1 Å². The smallest absolute Gasteiger partial charge is 0.0990 e. The molecule has 3 atom stereocenters. The van der Waals surface area contributed by atoms with Gasteiger partial charge < -0.3 is 14.8 Å². The number of rotatable bonds is 9. The Hall–Kier alpha value is -0.420. The zero-order valence-corrected chi connectivity index (χ0v) is 14.6. The molecule has 0 heterocycles. The predicted octanol–water partition coefficient (Wildman–Crippen LogP) is 3.90. The third-order valence-electron chi connectivity index (χ3n) is 3.77. The van der Waals surface area contributed by atoms with Gasteiger partial charge in [0.15, 0.2) is 0 Å². The standard InChI is InChI=1S/C17H26BrNO2/c1-3-8-19-15-11-16(17(15)20-9-4-2)21-12-13-6-5-7-14(18)10-13/h5-7,10,15-17,19H,3-4,8-9,11-12H2,1-2H3. The first-order chi connectivity index (χ1) is 10.2. The van der Waals surface area contributed by atoms with Crippen LogP contribution in [-0.4, -0.2) is 31.4 Å². The van der Waals surface area contributed by atoms with E-state index in [2.05, 4.69) is 47.2 Å². The van der Waals surface area contributed by atoms with Gasteiger partial charge in [-0.2, -0.15) is 0 Å². The SMILES string of the molecule is CCCNC1CC(OCc2cccc(Br)c2)C1OCCC. The Balaban J connectivity index is 1.81. The lowest BCUT2D eigenvalue weighted by Gasteiger charge is -2.44. The second-order valence-corrected chi connectivity index (χ2v) is 6.53. The van der Waals surface area contributed by atoms with Crippen LogP contribution in [0.25, 0.3) is 0 Å². The Labute approximate surface area is 136 Å². The number of nitrogens with one attached hydrogen (secondary N) is 1. The molecule has 0 saturated heterocycles. The first-order valence-electron chi connectivity index (χ1n) is 7.95. The summed E-state index contributed by atoms with van der Waals surface area (Å²) >= 11 is 3.49. The maximum Gasteiger partial charge on any atom is 0.0990 e. The lowest BCUT2D eigenvalue weighted by atomic mass is 9.85. The van der Waals surface area contributed by atoms with E-state index < -0.39 is 0 Å². The van der Waals surface area contributed by atoms with Crippen molar-refractivity contribution >= 4 is 15.9 Å². The molecule has 0 spiro atoms. The quantitative estimate of drug-likeness (QED) is 0.728. The maximum absolute atomic E-state index is 6.05. The summed E-state index contributed by atoms with van der Waals surface area (Å²) in [7, 11) is 0. The summed E-state index contributed by atoms with van der Waals surface area (Å²) in [5.74, 6) is 0. The van der Waals surface area contributed by atoms with Crippen molar-refractivity contribution in [1.82, 2.24) is 5.32 Å². The largest absolute Gasteiger partial charge is 0.374 e. The van der Waals surface area contributed by atoms with Crippen molar-refractivity contribution in [2.45, 2.75) is 58.0 Å². The van der Waals surface area contributed by atoms with Gasteiger partial charge in [-0.1, -0.05) is 41.9 Å². The molecule has 4 heteroatoms. The molecule has 0 bridgehead atoms. The van der Waals surface area contributed by atoms with Crippen molar-refractivity contribution < 1.29 is 9.47 Å². The summed E-state index contributed by atoms with van der Waals surface area (Å²) in [6.07, 6.45) is 3.66. The van der Waals surface area contributed by atoms with Gasteiger partial charge in [0.1, 0.15) is 0 Å². The summed E-state index contributed by atoms with van der Waals surface area (Å²) in [6, 6.07) is 8.72. The maximum atomic E-state index is 6.05. The van der Waals surface area contributed by atoms with Crippen LogP contribution >= 0.6 is 15.9 Å². The number of halogens is 1. The molecule has 1 saturated carbocycles. The van der Waals surface area contributed by atoms with Crippen LogP contribution in [0.1, 0.15) is 38.7 Å². The minimum absolute atomic E-state index is 0.198. The van der Waals surface area contributed by atoms with Crippen molar-refractivity contribution in [3.05, 3.63) is 34.3 Å². The van der Waals surface area contributed by atoms with Crippen LogP contribution in [0.2, 0.25) is 0 Å². The molecule has 1 aliphatic rings. The highest BCUT2D eigenvalue weighted by Gasteiger charge is 2.42. The third kappa shape index (κ3) is 5.06. The lowest BCUT2D eigenvalue weighted by Crippen LogP contribution is -2.60. The van der Waals surface area contributed by atoms with Gasteiger partial charge in [-0.05, 0) is 43.5 Å². The Morgan fingerprint density at radius 1 is 1.24 bits per heavy atom. The highest BCUT2D eigenvalue weighted by molar-refractivity contribution is 9.10. The minimum atomic E-state index is 0.198. The van der Waals surface area contributed by atoms with Gasteiger partial charge in [-0.15, -0.1) is 0 Å². The van der Waals surface area contributed by atoms with E-state index in [9.17, 15) is 0 Å². The fourth-order valence-corrected chi connectivity index (χ4v) is 3.03. The Morgan fingerprint density at radius 3 is 2.81 bits per heavy atom. The molecule has 0 aromatic heterocycles. The van der Waals surface area contributed by atoms with E-state index in [0.29, 0.717) is 12.6 Å². The van der Waals surface area contributed by atoms with E-state index in [-0.39, 0.29) is 12.2 Å². The first kappa shape index (κ1) is 16.9. The summed E-state index contributed by atoms with van der Waals surface area (Å²) in [6.45, 7) is 6.84. The fraction of sp³-hybridized carbons (Fsp3) is 0.647. The Kier molecular flexibility index (Phi) is 7.17. The molecular weight excluding hydrogens is 330 g/mol. The molecule has 3 unspecified atom stereocenters. The molecule has 0 radical (unpaired) electrons. The van der Waals surface area contributed by atoms with Gasteiger partial charge in [0.2, 0.25) is 0 Å². The van der Waals surface area contributed by atoms with Crippen molar-refractivity contribution in [3.8, 4) is 0 Å². The molecule has 1 aromatic carbocycles. The van der Waals surface area contributed by atoms with E-state index in [1.54, 1.807) is 0 Å². The van der Waals surface area contributed by atoms with Gasteiger partial charge >= 0.3 is 0 Å². The summed E-state index contributed by atoms with van der Waals surface area (Å²) < 4.78 is 13.1. The Bertz CT molecular complexity index is 427. The van der Waals surface area contributed by atoms with E-state index >= 15 is 0 Å². The van der Waals surface area contributed by atoms with E-state index in [1.807, 2.05) is 12.1 Å². The second kappa shape index (κ2) is 8.89. The van der Waals surface area contributed by atoms with Gasteiger partial charge in [0.05, 0.1) is 18.8 Å². The van der Waals surface area contributed by atoms with Crippen molar-refractivity contribution in [1.29, 1.82) is 0 Å². The topological polar surface area (TPSA) is 30.5 Å². The molecule has 1 aromatic rings. The fourth-order valence-electron chi connectivity index (χ4n) is 2.58. The normalized spacial score (nSPS) is 24.8. The number of benzene rings is 1. The Morgan fingerprint density at radius 2 is 2.10 bits per heavy atom.